The molecule has 0 aromatic carbocycles. The van der Waals surface area contributed by atoms with Gasteiger partial charge in [-0.15, -0.1) is 0 Å². The highest BCUT2D eigenvalue weighted by molar-refractivity contribution is 5.70. The van der Waals surface area contributed by atoms with Crippen LogP contribution < -0.4 is 0 Å². The molecule has 1 heterocycles. The summed E-state index contributed by atoms with van der Waals surface area (Å²) in [6.07, 6.45) is 1.24. The Bertz CT molecular complexity index is 228. The number of methoxy groups -OCH3 is 1. The van der Waals surface area contributed by atoms with Crippen LogP contribution in [0.1, 0.15) is 6.42 Å². The summed E-state index contributed by atoms with van der Waals surface area (Å²) in [5.74, 6) is 2.69. The van der Waals surface area contributed by atoms with Gasteiger partial charge >= 0.3 is 6.09 Å². The number of carbonyl (C=O) groups is 1. The standard InChI is InChI=1S/C8H11NO2/c1-11-8(10)9-3-6-4-2-5(4)7(6)9/h4-7H,2-3H2,1H3/t4-,5+,6+,7-/m1/s1. The molecule has 0 aromatic heterocycles. The lowest BCUT2D eigenvalue weighted by Gasteiger charge is -2.54. The van der Waals surface area contributed by atoms with Crippen molar-refractivity contribution in [1.29, 1.82) is 0 Å². The van der Waals surface area contributed by atoms with Crippen molar-refractivity contribution in [2.24, 2.45) is 17.8 Å². The topological polar surface area (TPSA) is 29.5 Å². The Morgan fingerprint density at radius 2 is 2.27 bits per heavy atom. The number of rotatable bonds is 0. The molecule has 2 aliphatic carbocycles. The summed E-state index contributed by atoms with van der Waals surface area (Å²) in [5.41, 5.74) is 0. The first kappa shape index (κ1) is 5.86. The fourth-order valence-electron chi connectivity index (χ4n) is 2.78. The van der Waals surface area contributed by atoms with Gasteiger partial charge in [-0.3, -0.25) is 0 Å². The molecule has 0 aromatic rings. The van der Waals surface area contributed by atoms with Gasteiger partial charge in [0.05, 0.1) is 7.11 Å². The molecule has 0 unspecified atom stereocenters. The highest BCUT2D eigenvalue weighted by atomic mass is 16.5. The van der Waals surface area contributed by atoms with Crippen LogP contribution in [0, 0.1) is 17.8 Å². The van der Waals surface area contributed by atoms with Crippen LogP contribution in [0.3, 0.4) is 0 Å². The van der Waals surface area contributed by atoms with Crippen LogP contribution in [0.2, 0.25) is 0 Å². The van der Waals surface area contributed by atoms with E-state index < -0.39 is 0 Å². The zero-order valence-corrected chi connectivity index (χ0v) is 6.49. The summed E-state index contributed by atoms with van der Waals surface area (Å²) in [4.78, 5) is 12.9. The summed E-state index contributed by atoms with van der Waals surface area (Å²) in [7, 11) is 1.46. The summed E-state index contributed by atoms with van der Waals surface area (Å²) in [5, 5.41) is 0. The van der Waals surface area contributed by atoms with Gasteiger partial charge in [0.2, 0.25) is 0 Å². The normalized spacial score (nSPS) is 49.7. The Morgan fingerprint density at radius 3 is 2.91 bits per heavy atom. The molecule has 1 aliphatic heterocycles. The van der Waals surface area contributed by atoms with E-state index in [1.165, 1.54) is 13.5 Å². The third-order valence-electron chi connectivity index (χ3n) is 3.49. The molecule has 0 N–H and O–H groups in total. The maximum absolute atomic E-state index is 11.1. The number of fused-ring (bicyclic) bond motifs is 4. The molecule has 3 rings (SSSR count). The number of ether oxygens (including phenoxy) is 1. The van der Waals surface area contributed by atoms with Gasteiger partial charge in [0.15, 0.2) is 0 Å². The van der Waals surface area contributed by atoms with Crippen LogP contribution in [-0.2, 0) is 4.74 Å². The lowest BCUT2D eigenvalue weighted by atomic mass is 9.71. The zero-order valence-electron chi connectivity index (χ0n) is 6.49. The Kier molecular flexibility index (Phi) is 0.822. The van der Waals surface area contributed by atoms with E-state index in [-0.39, 0.29) is 6.09 Å². The molecule has 3 heteroatoms. The van der Waals surface area contributed by atoms with Crippen LogP contribution in [0.5, 0.6) is 0 Å². The van der Waals surface area contributed by atoms with E-state index in [4.69, 9.17) is 0 Å². The lowest BCUT2D eigenvalue weighted by Crippen LogP contribution is -2.65. The molecule has 4 atom stereocenters. The molecular weight excluding hydrogens is 142 g/mol. The largest absolute Gasteiger partial charge is 0.453 e. The van der Waals surface area contributed by atoms with E-state index in [1.54, 1.807) is 0 Å². The fraction of sp³-hybridized carbons (Fsp3) is 0.875. The molecule has 2 saturated carbocycles. The van der Waals surface area contributed by atoms with E-state index in [1.807, 2.05) is 4.90 Å². The number of piperidine rings is 1. The minimum Gasteiger partial charge on any atom is -0.453 e. The average molecular weight is 153 g/mol. The third kappa shape index (κ3) is 0.501. The van der Waals surface area contributed by atoms with Crippen molar-refractivity contribution < 1.29 is 9.53 Å². The highest BCUT2D eigenvalue weighted by Gasteiger charge is 2.69. The van der Waals surface area contributed by atoms with Gasteiger partial charge in [-0.1, -0.05) is 0 Å². The first-order valence-electron chi connectivity index (χ1n) is 4.17. The predicted molar refractivity (Wildman–Crippen MR) is 38.0 cm³/mol. The molecule has 11 heavy (non-hydrogen) atoms. The Balaban J connectivity index is 1.71. The second-order valence-corrected chi connectivity index (χ2v) is 3.84. The summed E-state index contributed by atoms with van der Waals surface area (Å²) < 4.78 is 4.66. The molecule has 3 fully saturated rings. The van der Waals surface area contributed by atoms with Crippen LogP contribution >= 0.6 is 0 Å². The number of hydrogen-bond acceptors (Lipinski definition) is 2. The molecule has 0 spiro atoms. The monoisotopic (exact) mass is 153 g/mol. The number of amides is 1. The van der Waals surface area contributed by atoms with Crippen molar-refractivity contribution in [1.82, 2.24) is 4.90 Å². The quantitative estimate of drug-likeness (QED) is 0.512. The van der Waals surface area contributed by atoms with Gasteiger partial charge < -0.3 is 9.64 Å². The Morgan fingerprint density at radius 1 is 1.45 bits per heavy atom. The van der Waals surface area contributed by atoms with Gasteiger partial charge in [0.1, 0.15) is 0 Å². The Hall–Kier alpha value is -0.730. The van der Waals surface area contributed by atoms with Crippen LogP contribution in [0.4, 0.5) is 4.79 Å². The van der Waals surface area contributed by atoms with Crippen molar-refractivity contribution in [3.63, 3.8) is 0 Å². The number of carbonyl (C=O) groups excluding carboxylic acids is 1. The second-order valence-electron chi connectivity index (χ2n) is 3.84. The molecule has 60 valence electrons. The second kappa shape index (κ2) is 1.54. The van der Waals surface area contributed by atoms with Gasteiger partial charge in [0, 0.05) is 18.5 Å². The number of likely N-dealkylation sites (tertiary alicyclic amines) is 1. The number of hydrogen-bond donors (Lipinski definition) is 0. The van der Waals surface area contributed by atoms with E-state index in [9.17, 15) is 4.79 Å². The molecule has 0 bridgehead atoms. The first-order valence-corrected chi connectivity index (χ1v) is 4.17. The van der Waals surface area contributed by atoms with Gasteiger partial charge in [-0.05, 0) is 18.3 Å². The SMILES string of the molecule is COC(=O)N1C[C@H]2[C@@H]3C[C@@H]3[C@H]21. The van der Waals surface area contributed by atoms with E-state index in [0.29, 0.717) is 6.04 Å². The van der Waals surface area contributed by atoms with E-state index in [0.717, 1.165) is 24.3 Å². The average Bonchev–Trinajstić information content (AvgIpc) is 2.62. The Labute approximate surface area is 65.3 Å². The van der Waals surface area contributed by atoms with E-state index >= 15 is 0 Å². The molecular formula is C8H11NO2. The van der Waals surface area contributed by atoms with Gasteiger partial charge in [-0.2, -0.15) is 0 Å². The van der Waals surface area contributed by atoms with Crippen molar-refractivity contribution in [3.05, 3.63) is 0 Å². The third-order valence-corrected chi connectivity index (χ3v) is 3.49. The van der Waals surface area contributed by atoms with Crippen molar-refractivity contribution in [3.8, 4) is 0 Å². The molecule has 0 radical (unpaired) electrons. The molecule has 3 aliphatic rings. The van der Waals surface area contributed by atoms with Crippen molar-refractivity contribution >= 4 is 6.09 Å². The molecule has 1 saturated heterocycles. The molecule has 1 amide bonds. The smallest absolute Gasteiger partial charge is 0.409 e. The molecule has 3 nitrogen and oxygen atoms in total. The van der Waals surface area contributed by atoms with Crippen LogP contribution in [0.15, 0.2) is 0 Å². The van der Waals surface area contributed by atoms with Crippen LogP contribution in [-0.4, -0.2) is 30.7 Å². The van der Waals surface area contributed by atoms with E-state index in [2.05, 4.69) is 4.74 Å². The summed E-state index contributed by atoms with van der Waals surface area (Å²) >= 11 is 0. The predicted octanol–water partition coefficient (Wildman–Crippen LogP) is 0.703. The summed E-state index contributed by atoms with van der Waals surface area (Å²) in [6.45, 7) is 0.957. The van der Waals surface area contributed by atoms with Gasteiger partial charge in [0.25, 0.3) is 0 Å². The van der Waals surface area contributed by atoms with Crippen molar-refractivity contribution in [2.45, 2.75) is 12.5 Å². The lowest BCUT2D eigenvalue weighted by molar-refractivity contribution is -0.0553. The van der Waals surface area contributed by atoms with Crippen LogP contribution in [0.25, 0.3) is 0 Å². The highest BCUT2D eigenvalue weighted by Crippen LogP contribution is 2.66. The first-order chi connectivity index (χ1) is 5.33. The van der Waals surface area contributed by atoms with Gasteiger partial charge in [-0.25, -0.2) is 4.79 Å². The maximum atomic E-state index is 11.1. The van der Waals surface area contributed by atoms with Crippen molar-refractivity contribution in [2.75, 3.05) is 13.7 Å². The maximum Gasteiger partial charge on any atom is 0.409 e. The summed E-state index contributed by atoms with van der Waals surface area (Å²) in [6, 6.07) is 0.576. The minimum atomic E-state index is -0.128. The zero-order chi connectivity index (χ0) is 7.59. The minimum absolute atomic E-state index is 0.128. The number of nitrogens with zero attached hydrogens (tertiary/aromatic N) is 1. The fourth-order valence-corrected chi connectivity index (χ4v) is 2.78.